The molecule has 0 aliphatic carbocycles. The molecule has 8 heteroatoms. The van der Waals surface area contributed by atoms with E-state index in [2.05, 4.69) is 15.5 Å². The summed E-state index contributed by atoms with van der Waals surface area (Å²) in [5.41, 5.74) is 0.839. The van der Waals surface area contributed by atoms with Gasteiger partial charge in [0.1, 0.15) is 12.4 Å². The number of amidine groups is 1. The number of benzene rings is 1. The molecule has 0 spiro atoms. The van der Waals surface area contributed by atoms with E-state index in [9.17, 15) is 4.79 Å². The van der Waals surface area contributed by atoms with Gasteiger partial charge >= 0.3 is 0 Å². The smallest absolute Gasteiger partial charge is 0.247 e. The highest BCUT2D eigenvalue weighted by Gasteiger charge is 2.18. The van der Waals surface area contributed by atoms with E-state index >= 15 is 0 Å². The third-order valence-corrected chi connectivity index (χ3v) is 3.89. The Kier molecular flexibility index (Phi) is 4.31. The number of carbonyl (C=O) groups is 1. The van der Waals surface area contributed by atoms with Crippen molar-refractivity contribution in [1.29, 1.82) is 0 Å². The molecule has 1 aromatic carbocycles. The van der Waals surface area contributed by atoms with Crippen molar-refractivity contribution in [2.24, 2.45) is 5.10 Å². The Morgan fingerprint density at radius 3 is 2.91 bits per heavy atom. The van der Waals surface area contributed by atoms with Crippen molar-refractivity contribution in [1.82, 2.24) is 15.1 Å². The minimum absolute atomic E-state index is 0.154. The van der Waals surface area contributed by atoms with Crippen molar-refractivity contribution in [2.45, 2.75) is 13.0 Å². The molecule has 3 rings (SSSR count). The molecule has 0 radical (unpaired) electrons. The Labute approximate surface area is 137 Å². The second-order valence-electron chi connectivity index (χ2n) is 4.77. The summed E-state index contributed by atoms with van der Waals surface area (Å²) < 4.78 is 1.56. The lowest BCUT2D eigenvalue weighted by Gasteiger charge is -2.13. The molecule has 0 fully saturated rings. The number of carbonyl (C=O) groups excluding carboxylic acids is 1. The van der Waals surface area contributed by atoms with Gasteiger partial charge in [-0.15, -0.1) is 0 Å². The maximum Gasteiger partial charge on any atom is 0.247 e. The van der Waals surface area contributed by atoms with Gasteiger partial charge in [-0.25, -0.2) is 0 Å². The molecule has 1 amide bonds. The predicted octanol–water partition coefficient (Wildman–Crippen LogP) is 2.53. The van der Waals surface area contributed by atoms with Crippen LogP contribution in [-0.2, 0) is 11.3 Å². The Hall–Kier alpha value is -2.05. The fraction of sp³-hybridized carbons (Fsp3) is 0.214. The van der Waals surface area contributed by atoms with Crippen molar-refractivity contribution in [3.63, 3.8) is 0 Å². The standard InChI is InChI=1S/C14H13Cl2N5O/c15-11-3-2-10(8-12(11)16)21-7-4-13(19-21)18-14(22)9-20-6-1-5-17-20/h1-3,5-6,8H,4,7,9H2,(H,18,19,22). The summed E-state index contributed by atoms with van der Waals surface area (Å²) in [4.78, 5) is 11.9. The summed E-state index contributed by atoms with van der Waals surface area (Å²) in [7, 11) is 0. The van der Waals surface area contributed by atoms with Gasteiger partial charge in [-0.2, -0.15) is 10.2 Å². The fourth-order valence-corrected chi connectivity index (χ4v) is 2.41. The Balaban J connectivity index is 1.64. The zero-order valence-corrected chi connectivity index (χ0v) is 13.1. The first kappa shape index (κ1) is 14.9. The van der Waals surface area contributed by atoms with Gasteiger partial charge in [0.25, 0.3) is 0 Å². The highest BCUT2D eigenvalue weighted by molar-refractivity contribution is 6.42. The molecular formula is C14H13Cl2N5O. The molecule has 0 atom stereocenters. The van der Waals surface area contributed by atoms with E-state index in [1.165, 1.54) is 0 Å². The molecule has 0 saturated carbocycles. The summed E-state index contributed by atoms with van der Waals surface area (Å²) in [6, 6.07) is 7.09. The molecule has 2 aromatic rings. The van der Waals surface area contributed by atoms with Crippen LogP contribution >= 0.6 is 23.2 Å². The Morgan fingerprint density at radius 2 is 2.18 bits per heavy atom. The number of hydrogen-bond acceptors (Lipinski definition) is 4. The van der Waals surface area contributed by atoms with Gasteiger partial charge in [-0.3, -0.25) is 14.5 Å². The van der Waals surface area contributed by atoms with E-state index in [1.807, 2.05) is 6.07 Å². The van der Waals surface area contributed by atoms with Gasteiger partial charge in [-0.1, -0.05) is 23.2 Å². The maximum absolute atomic E-state index is 11.9. The largest absolute Gasteiger partial charge is 0.311 e. The van der Waals surface area contributed by atoms with E-state index < -0.39 is 0 Å². The Morgan fingerprint density at radius 1 is 1.32 bits per heavy atom. The average Bonchev–Trinajstić information content (AvgIpc) is 3.13. The summed E-state index contributed by atoms with van der Waals surface area (Å²) in [6.07, 6.45) is 4.02. The van der Waals surface area contributed by atoms with E-state index in [0.29, 0.717) is 28.8 Å². The number of aromatic nitrogens is 2. The van der Waals surface area contributed by atoms with Crippen LogP contribution < -0.4 is 10.3 Å². The monoisotopic (exact) mass is 337 g/mol. The van der Waals surface area contributed by atoms with Crippen LogP contribution in [0.2, 0.25) is 10.0 Å². The number of rotatable bonds is 3. The SMILES string of the molecule is O=C(Cn1cccn1)NC1=NN(c2ccc(Cl)c(Cl)c2)CC1. The lowest BCUT2D eigenvalue weighted by atomic mass is 10.3. The highest BCUT2D eigenvalue weighted by atomic mass is 35.5. The number of amides is 1. The molecule has 1 aromatic heterocycles. The van der Waals surface area contributed by atoms with E-state index in [0.717, 1.165) is 5.69 Å². The van der Waals surface area contributed by atoms with Crippen LogP contribution in [0.25, 0.3) is 0 Å². The molecule has 114 valence electrons. The average molecular weight is 338 g/mol. The quantitative estimate of drug-likeness (QED) is 0.935. The van der Waals surface area contributed by atoms with Crippen molar-refractivity contribution in [3.05, 3.63) is 46.7 Å². The first-order chi connectivity index (χ1) is 10.6. The van der Waals surface area contributed by atoms with Crippen molar-refractivity contribution in [2.75, 3.05) is 11.6 Å². The van der Waals surface area contributed by atoms with Crippen LogP contribution in [0.4, 0.5) is 5.69 Å². The van der Waals surface area contributed by atoms with E-state index in [1.54, 1.807) is 40.3 Å². The van der Waals surface area contributed by atoms with Gasteiger partial charge in [0.2, 0.25) is 5.91 Å². The summed E-state index contributed by atoms with van der Waals surface area (Å²) in [5.74, 6) is 0.474. The summed E-state index contributed by atoms with van der Waals surface area (Å²) in [5, 5.41) is 13.9. The molecule has 0 unspecified atom stereocenters. The molecule has 0 bridgehead atoms. The van der Waals surface area contributed by atoms with Crippen LogP contribution in [-0.4, -0.2) is 28.1 Å². The molecule has 1 N–H and O–H groups in total. The second-order valence-corrected chi connectivity index (χ2v) is 5.58. The summed E-state index contributed by atoms with van der Waals surface area (Å²) >= 11 is 11.9. The van der Waals surface area contributed by atoms with Crippen molar-refractivity contribution in [3.8, 4) is 0 Å². The van der Waals surface area contributed by atoms with Gasteiger partial charge in [0.05, 0.1) is 15.7 Å². The fourth-order valence-electron chi connectivity index (χ4n) is 2.12. The number of hydrazone groups is 1. The predicted molar refractivity (Wildman–Crippen MR) is 86.2 cm³/mol. The van der Waals surface area contributed by atoms with E-state index in [4.69, 9.17) is 23.2 Å². The lowest BCUT2D eigenvalue weighted by molar-refractivity contribution is -0.120. The first-order valence-electron chi connectivity index (χ1n) is 6.69. The molecule has 2 heterocycles. The van der Waals surface area contributed by atoms with Gasteiger partial charge in [0, 0.05) is 25.4 Å². The Bertz CT molecular complexity index is 714. The van der Waals surface area contributed by atoms with Gasteiger partial charge in [-0.05, 0) is 24.3 Å². The molecule has 22 heavy (non-hydrogen) atoms. The number of halogens is 2. The number of hydrogen-bond donors (Lipinski definition) is 1. The molecule has 1 aliphatic rings. The number of nitrogens with one attached hydrogen (secondary N) is 1. The number of nitrogens with zero attached hydrogens (tertiary/aromatic N) is 4. The molecule has 0 saturated heterocycles. The third-order valence-electron chi connectivity index (χ3n) is 3.15. The first-order valence-corrected chi connectivity index (χ1v) is 7.45. The topological polar surface area (TPSA) is 62.5 Å². The van der Waals surface area contributed by atoms with Crippen LogP contribution in [0.1, 0.15) is 6.42 Å². The van der Waals surface area contributed by atoms with Crippen molar-refractivity contribution < 1.29 is 4.79 Å². The minimum atomic E-state index is -0.154. The van der Waals surface area contributed by atoms with Gasteiger partial charge in [0.15, 0.2) is 0 Å². The maximum atomic E-state index is 11.9. The van der Waals surface area contributed by atoms with Crippen LogP contribution in [0, 0.1) is 0 Å². The zero-order valence-electron chi connectivity index (χ0n) is 11.5. The summed E-state index contributed by atoms with van der Waals surface area (Å²) in [6.45, 7) is 0.841. The second kappa shape index (κ2) is 6.37. The lowest BCUT2D eigenvalue weighted by Crippen LogP contribution is -2.32. The minimum Gasteiger partial charge on any atom is -0.311 e. The zero-order chi connectivity index (χ0) is 15.5. The highest BCUT2D eigenvalue weighted by Crippen LogP contribution is 2.28. The van der Waals surface area contributed by atoms with Gasteiger partial charge < -0.3 is 5.32 Å². The third kappa shape index (κ3) is 3.40. The molecular weight excluding hydrogens is 325 g/mol. The normalized spacial score (nSPS) is 14.1. The van der Waals surface area contributed by atoms with Crippen molar-refractivity contribution >= 4 is 40.6 Å². The van der Waals surface area contributed by atoms with E-state index in [-0.39, 0.29) is 12.5 Å². The molecule has 1 aliphatic heterocycles. The number of anilines is 1. The van der Waals surface area contributed by atoms with Crippen LogP contribution in [0.15, 0.2) is 41.8 Å². The molecule has 6 nitrogen and oxygen atoms in total. The van der Waals surface area contributed by atoms with Crippen LogP contribution in [0.5, 0.6) is 0 Å². The van der Waals surface area contributed by atoms with Crippen LogP contribution in [0.3, 0.4) is 0 Å².